The maximum absolute atomic E-state index is 12.6. The van der Waals surface area contributed by atoms with Crippen molar-refractivity contribution in [3.8, 4) is 0 Å². The minimum atomic E-state index is -0.472. The van der Waals surface area contributed by atoms with E-state index < -0.39 is 5.97 Å². The van der Waals surface area contributed by atoms with Crippen LogP contribution in [-0.2, 0) is 22.6 Å². The number of esters is 1. The Labute approximate surface area is 166 Å². The Morgan fingerprint density at radius 3 is 2.15 bits per heavy atom. The minimum Gasteiger partial charge on any atom is -0.465 e. The van der Waals surface area contributed by atoms with E-state index in [-0.39, 0.29) is 12.5 Å². The zero-order valence-corrected chi connectivity index (χ0v) is 16.5. The summed E-state index contributed by atoms with van der Waals surface area (Å²) in [6.45, 7) is 1.62. The third-order valence-electron chi connectivity index (χ3n) is 3.89. The van der Waals surface area contributed by atoms with Gasteiger partial charge in [-0.1, -0.05) is 24.3 Å². The third-order valence-corrected chi connectivity index (χ3v) is 5.62. The molecule has 0 radical (unpaired) electrons. The summed E-state index contributed by atoms with van der Waals surface area (Å²) in [4.78, 5) is 29.0. The first-order chi connectivity index (χ1) is 13.2. The van der Waals surface area contributed by atoms with Crippen LogP contribution in [0.15, 0.2) is 59.3 Å². The van der Waals surface area contributed by atoms with Crippen LogP contribution >= 0.6 is 22.7 Å². The van der Waals surface area contributed by atoms with Crippen molar-refractivity contribution in [2.45, 2.75) is 13.1 Å². The lowest BCUT2D eigenvalue weighted by Crippen LogP contribution is -2.32. The lowest BCUT2D eigenvalue weighted by molar-refractivity contribution is -0.117. The van der Waals surface area contributed by atoms with E-state index in [1.165, 1.54) is 16.9 Å². The minimum absolute atomic E-state index is 0.167. The van der Waals surface area contributed by atoms with Gasteiger partial charge in [0, 0.05) is 22.8 Å². The Kier molecular flexibility index (Phi) is 6.75. The Bertz CT molecular complexity index is 840. The number of carbonyl (C=O) groups is 2. The highest BCUT2D eigenvalue weighted by Crippen LogP contribution is 2.19. The highest BCUT2D eigenvalue weighted by Gasteiger charge is 2.17. The molecule has 7 heteroatoms. The van der Waals surface area contributed by atoms with Gasteiger partial charge in [0.15, 0.2) is 0 Å². The van der Waals surface area contributed by atoms with Gasteiger partial charge in [0.05, 0.1) is 24.9 Å². The number of amides is 1. The van der Waals surface area contributed by atoms with E-state index in [0.29, 0.717) is 24.3 Å². The molecular weight excluding hydrogens is 380 g/mol. The molecule has 140 valence electrons. The maximum atomic E-state index is 12.6. The van der Waals surface area contributed by atoms with E-state index in [1.807, 2.05) is 22.9 Å². The molecular formula is C20H20N2O3S2. The number of para-hydroxylation sites is 1. The molecule has 1 amide bonds. The van der Waals surface area contributed by atoms with Crippen LogP contribution in [0.5, 0.6) is 0 Å². The van der Waals surface area contributed by atoms with Crippen molar-refractivity contribution in [1.29, 1.82) is 0 Å². The lowest BCUT2D eigenvalue weighted by atomic mass is 10.2. The number of carbonyl (C=O) groups excluding carboxylic acids is 2. The highest BCUT2D eigenvalue weighted by molar-refractivity contribution is 7.10. The summed E-state index contributed by atoms with van der Waals surface area (Å²) < 4.78 is 4.78. The van der Waals surface area contributed by atoms with Gasteiger partial charge in [0.25, 0.3) is 0 Å². The molecule has 0 spiro atoms. The summed E-state index contributed by atoms with van der Waals surface area (Å²) in [6, 6.07) is 15.0. The molecule has 0 aliphatic carbocycles. The van der Waals surface area contributed by atoms with Crippen LogP contribution in [0.25, 0.3) is 0 Å². The van der Waals surface area contributed by atoms with E-state index in [1.54, 1.807) is 46.9 Å². The van der Waals surface area contributed by atoms with Crippen LogP contribution in [0, 0.1) is 0 Å². The third kappa shape index (κ3) is 5.50. The second-order valence-corrected chi connectivity index (χ2v) is 7.95. The molecule has 1 N–H and O–H groups in total. The molecule has 1 aromatic carbocycles. The number of benzene rings is 1. The molecule has 3 rings (SSSR count). The van der Waals surface area contributed by atoms with Crippen molar-refractivity contribution < 1.29 is 14.3 Å². The smallest absolute Gasteiger partial charge is 0.339 e. The van der Waals surface area contributed by atoms with Gasteiger partial charge in [-0.25, -0.2) is 4.79 Å². The summed E-state index contributed by atoms with van der Waals surface area (Å²) in [7, 11) is 1.32. The number of nitrogens with zero attached hydrogens (tertiary/aromatic N) is 1. The summed E-state index contributed by atoms with van der Waals surface area (Å²) in [5, 5.41) is 6.91. The Morgan fingerprint density at radius 2 is 1.59 bits per heavy atom. The number of rotatable bonds is 8. The lowest BCUT2D eigenvalue weighted by Gasteiger charge is -2.21. The van der Waals surface area contributed by atoms with Crippen LogP contribution in [-0.4, -0.2) is 30.4 Å². The normalized spacial score (nSPS) is 10.7. The van der Waals surface area contributed by atoms with Crippen LogP contribution in [0.2, 0.25) is 0 Å². The van der Waals surface area contributed by atoms with E-state index in [4.69, 9.17) is 4.74 Å². The fourth-order valence-electron chi connectivity index (χ4n) is 2.69. The molecule has 0 aliphatic heterocycles. The summed E-state index contributed by atoms with van der Waals surface area (Å²) >= 11 is 3.35. The van der Waals surface area contributed by atoms with Crippen LogP contribution in [0.4, 0.5) is 5.69 Å². The fraction of sp³-hybridized carbons (Fsp3) is 0.200. The zero-order chi connectivity index (χ0) is 19.1. The summed E-state index contributed by atoms with van der Waals surface area (Å²) in [6.07, 6.45) is 0. The average molecular weight is 401 g/mol. The van der Waals surface area contributed by atoms with Crippen molar-refractivity contribution in [1.82, 2.24) is 4.90 Å². The predicted molar refractivity (Wildman–Crippen MR) is 109 cm³/mol. The molecule has 0 unspecified atom stereocenters. The molecule has 5 nitrogen and oxygen atoms in total. The van der Waals surface area contributed by atoms with Gasteiger partial charge in [-0.2, -0.15) is 0 Å². The van der Waals surface area contributed by atoms with Gasteiger partial charge in [0.2, 0.25) is 5.91 Å². The van der Waals surface area contributed by atoms with Gasteiger partial charge in [0.1, 0.15) is 0 Å². The van der Waals surface area contributed by atoms with Gasteiger partial charge in [-0.05, 0) is 35.0 Å². The van der Waals surface area contributed by atoms with Crippen LogP contribution in [0.3, 0.4) is 0 Å². The first-order valence-corrected chi connectivity index (χ1v) is 10.2. The number of methoxy groups -OCH3 is 1. The molecule has 2 heterocycles. The Morgan fingerprint density at radius 1 is 0.963 bits per heavy atom. The fourth-order valence-corrected chi connectivity index (χ4v) is 4.18. The molecule has 0 aliphatic rings. The first-order valence-electron chi connectivity index (χ1n) is 8.40. The SMILES string of the molecule is COC(=O)c1ccccc1NC(=O)CN(Cc1cccs1)Cc1cccs1. The number of thiophene rings is 2. The monoisotopic (exact) mass is 400 g/mol. The Balaban J connectivity index is 1.69. The van der Waals surface area contributed by atoms with E-state index in [9.17, 15) is 9.59 Å². The van der Waals surface area contributed by atoms with Crippen molar-refractivity contribution in [3.63, 3.8) is 0 Å². The number of hydrogen-bond donors (Lipinski definition) is 1. The molecule has 27 heavy (non-hydrogen) atoms. The molecule has 2 aromatic heterocycles. The Hall–Kier alpha value is -2.48. The van der Waals surface area contributed by atoms with Crippen molar-refractivity contribution in [2.75, 3.05) is 19.0 Å². The predicted octanol–water partition coefficient (Wildman–Crippen LogP) is 4.24. The van der Waals surface area contributed by atoms with Crippen molar-refractivity contribution in [3.05, 3.63) is 74.6 Å². The topological polar surface area (TPSA) is 58.6 Å². The van der Waals surface area contributed by atoms with Gasteiger partial charge >= 0.3 is 5.97 Å². The molecule has 3 aromatic rings. The number of anilines is 1. The molecule has 0 fully saturated rings. The van der Waals surface area contributed by atoms with Crippen molar-refractivity contribution in [2.24, 2.45) is 0 Å². The average Bonchev–Trinajstić information content (AvgIpc) is 3.35. The second-order valence-electron chi connectivity index (χ2n) is 5.89. The largest absolute Gasteiger partial charge is 0.465 e. The van der Waals surface area contributed by atoms with Crippen molar-refractivity contribution >= 4 is 40.2 Å². The zero-order valence-electron chi connectivity index (χ0n) is 14.9. The van der Waals surface area contributed by atoms with E-state index >= 15 is 0 Å². The quantitative estimate of drug-likeness (QED) is 0.575. The maximum Gasteiger partial charge on any atom is 0.339 e. The van der Waals surface area contributed by atoms with Crippen LogP contribution < -0.4 is 5.32 Å². The van der Waals surface area contributed by atoms with E-state index in [0.717, 1.165) is 0 Å². The van der Waals surface area contributed by atoms with Gasteiger partial charge < -0.3 is 10.1 Å². The number of ether oxygens (including phenoxy) is 1. The summed E-state index contributed by atoms with van der Waals surface area (Å²) in [5.41, 5.74) is 0.804. The first kappa shape index (κ1) is 19.3. The summed E-state index contributed by atoms with van der Waals surface area (Å²) in [5.74, 6) is -0.639. The van der Waals surface area contributed by atoms with E-state index in [2.05, 4.69) is 22.3 Å². The number of nitrogens with one attached hydrogen (secondary N) is 1. The second kappa shape index (κ2) is 9.45. The number of hydrogen-bond acceptors (Lipinski definition) is 6. The van der Waals surface area contributed by atoms with Gasteiger partial charge in [-0.3, -0.25) is 9.69 Å². The highest BCUT2D eigenvalue weighted by atomic mass is 32.1. The standard InChI is InChI=1S/C20H20N2O3S2/c1-25-20(24)17-8-2-3-9-18(17)21-19(23)14-22(12-15-6-4-10-26-15)13-16-7-5-11-27-16/h2-11H,12-14H2,1H3,(H,21,23). The van der Waals surface area contributed by atoms with Crippen LogP contribution in [0.1, 0.15) is 20.1 Å². The molecule has 0 saturated carbocycles. The molecule has 0 saturated heterocycles. The van der Waals surface area contributed by atoms with Gasteiger partial charge in [-0.15, -0.1) is 22.7 Å². The molecule has 0 bridgehead atoms. The molecule has 0 atom stereocenters.